The molecule has 5 heteroatoms. The number of likely N-dealkylation sites (tertiary alicyclic amines) is 1. The van der Waals surface area contributed by atoms with Crippen LogP contribution in [0.15, 0.2) is 27.5 Å². The average molecular weight is 298 g/mol. The van der Waals surface area contributed by atoms with Crippen LogP contribution in [0.25, 0.3) is 0 Å². The van der Waals surface area contributed by atoms with Crippen molar-refractivity contribution in [3.63, 3.8) is 0 Å². The van der Waals surface area contributed by atoms with Crippen LogP contribution in [0.5, 0.6) is 0 Å². The normalized spacial score (nSPS) is 29.7. The van der Waals surface area contributed by atoms with Crippen molar-refractivity contribution in [2.75, 3.05) is 19.6 Å². The molecule has 0 aromatic rings. The number of nitrogens with zero attached hydrogens (tertiary/aromatic N) is 2. The summed E-state index contributed by atoms with van der Waals surface area (Å²) in [6.45, 7) is 6.42. The highest BCUT2D eigenvalue weighted by molar-refractivity contribution is 6.31. The van der Waals surface area contributed by atoms with Crippen molar-refractivity contribution < 1.29 is 4.39 Å². The molecule has 2 aliphatic heterocycles. The minimum Gasteiger partial charge on any atom is -0.333 e. The molecule has 2 heterocycles. The smallest absolute Gasteiger partial charge is 0.121 e. The molecular formula is C15H21ClFN3. The summed E-state index contributed by atoms with van der Waals surface area (Å²) < 4.78 is 13.2. The zero-order valence-electron chi connectivity index (χ0n) is 12.0. The van der Waals surface area contributed by atoms with Crippen molar-refractivity contribution in [2.45, 2.75) is 39.3 Å². The molecule has 0 radical (unpaired) electrons. The van der Waals surface area contributed by atoms with Crippen LogP contribution in [-0.4, -0.2) is 36.5 Å². The van der Waals surface area contributed by atoms with Crippen molar-refractivity contribution in [1.29, 1.82) is 0 Å². The fraction of sp³-hybridized carbons (Fsp3) is 0.667. The summed E-state index contributed by atoms with van der Waals surface area (Å²) in [6, 6.07) is 0. The van der Waals surface area contributed by atoms with E-state index >= 15 is 0 Å². The third kappa shape index (κ3) is 2.91. The van der Waals surface area contributed by atoms with Gasteiger partial charge in [0.2, 0.25) is 0 Å². The van der Waals surface area contributed by atoms with Gasteiger partial charge in [0.25, 0.3) is 0 Å². The number of alkyl halides is 1. The predicted molar refractivity (Wildman–Crippen MR) is 80.5 cm³/mol. The van der Waals surface area contributed by atoms with E-state index in [9.17, 15) is 4.39 Å². The van der Waals surface area contributed by atoms with E-state index in [1.807, 2.05) is 0 Å². The third-order valence-electron chi connectivity index (χ3n) is 4.18. The number of aliphatic imine (C=N–C) groups is 1. The third-order valence-corrected chi connectivity index (χ3v) is 4.50. The Balaban J connectivity index is 1.74. The second kappa shape index (κ2) is 5.15. The topological polar surface area (TPSA) is 27.6 Å². The van der Waals surface area contributed by atoms with E-state index in [1.165, 1.54) is 0 Å². The molecule has 1 unspecified atom stereocenters. The highest BCUT2D eigenvalue weighted by Crippen LogP contribution is 2.41. The van der Waals surface area contributed by atoms with Crippen LogP contribution in [0, 0.1) is 5.41 Å². The van der Waals surface area contributed by atoms with Gasteiger partial charge < -0.3 is 5.32 Å². The van der Waals surface area contributed by atoms with Crippen molar-refractivity contribution in [3.8, 4) is 0 Å². The van der Waals surface area contributed by atoms with Gasteiger partial charge in [0.1, 0.15) is 17.2 Å². The van der Waals surface area contributed by atoms with Crippen molar-refractivity contribution in [1.82, 2.24) is 10.2 Å². The quantitative estimate of drug-likeness (QED) is 0.793. The summed E-state index contributed by atoms with van der Waals surface area (Å²) >= 11 is 6.38. The molecular weight excluding hydrogens is 277 g/mol. The van der Waals surface area contributed by atoms with Gasteiger partial charge in [0, 0.05) is 18.7 Å². The molecule has 0 aromatic carbocycles. The first-order valence-corrected chi connectivity index (χ1v) is 7.61. The van der Waals surface area contributed by atoms with Gasteiger partial charge in [0.15, 0.2) is 0 Å². The molecule has 110 valence electrons. The summed E-state index contributed by atoms with van der Waals surface area (Å²) in [5, 5.41) is 3.87. The molecule has 20 heavy (non-hydrogen) atoms. The Morgan fingerprint density at radius 1 is 1.55 bits per heavy atom. The molecule has 3 aliphatic rings. The first kappa shape index (κ1) is 14.1. The summed E-state index contributed by atoms with van der Waals surface area (Å²) in [5.74, 6) is 0.832. The van der Waals surface area contributed by atoms with Crippen LogP contribution < -0.4 is 5.32 Å². The molecule has 1 N–H and O–H groups in total. The Bertz CT molecular complexity index is 507. The Morgan fingerprint density at radius 3 is 3.05 bits per heavy atom. The van der Waals surface area contributed by atoms with E-state index in [1.54, 1.807) is 0 Å². The van der Waals surface area contributed by atoms with E-state index in [-0.39, 0.29) is 5.41 Å². The molecule has 1 saturated heterocycles. The van der Waals surface area contributed by atoms with E-state index in [0.29, 0.717) is 24.7 Å². The van der Waals surface area contributed by atoms with Gasteiger partial charge in [-0.2, -0.15) is 0 Å². The molecule has 0 saturated carbocycles. The number of amidine groups is 1. The fourth-order valence-corrected chi connectivity index (χ4v) is 3.30. The Hall–Kier alpha value is -0.870. The standard InChI is InChI=1S/C15H21ClFN3/c1-15(2)5-3-12-11(7-15)14(16)19-13(18-12)9-20-6-4-10(17)8-20/h3,10H,4-9H2,1-2H3,(H,18,19). The van der Waals surface area contributed by atoms with Gasteiger partial charge in [-0.1, -0.05) is 31.5 Å². The molecule has 1 aliphatic carbocycles. The van der Waals surface area contributed by atoms with E-state index in [0.717, 1.165) is 36.5 Å². The highest BCUT2D eigenvalue weighted by Gasteiger charge is 2.30. The van der Waals surface area contributed by atoms with Gasteiger partial charge in [-0.25, -0.2) is 9.38 Å². The number of hydrogen-bond donors (Lipinski definition) is 1. The monoisotopic (exact) mass is 297 g/mol. The Labute approximate surface area is 124 Å². The first-order chi connectivity index (χ1) is 9.43. The van der Waals surface area contributed by atoms with Gasteiger partial charge in [-0.05, 0) is 24.7 Å². The van der Waals surface area contributed by atoms with E-state index in [2.05, 4.69) is 35.1 Å². The minimum absolute atomic E-state index is 0.240. The second-order valence-corrected chi connectivity index (χ2v) is 7.11. The van der Waals surface area contributed by atoms with Crippen LogP contribution in [0.2, 0.25) is 0 Å². The summed E-state index contributed by atoms with van der Waals surface area (Å²) in [6.07, 6.45) is 4.06. The van der Waals surface area contributed by atoms with Crippen LogP contribution in [0.4, 0.5) is 4.39 Å². The molecule has 0 spiro atoms. The van der Waals surface area contributed by atoms with Crippen LogP contribution in [0.3, 0.4) is 0 Å². The number of fused-ring (bicyclic) bond motifs is 1. The second-order valence-electron chi connectivity index (χ2n) is 6.73. The maximum Gasteiger partial charge on any atom is 0.121 e. The van der Waals surface area contributed by atoms with Gasteiger partial charge in [-0.15, -0.1) is 0 Å². The number of rotatable bonds is 2. The van der Waals surface area contributed by atoms with Crippen molar-refractivity contribution >= 4 is 17.4 Å². The maximum absolute atomic E-state index is 13.2. The maximum atomic E-state index is 13.2. The first-order valence-electron chi connectivity index (χ1n) is 7.23. The van der Waals surface area contributed by atoms with Crippen LogP contribution in [0.1, 0.15) is 33.1 Å². The molecule has 0 amide bonds. The zero-order chi connectivity index (χ0) is 14.3. The number of allylic oxidation sites excluding steroid dienone is 2. The van der Waals surface area contributed by atoms with Gasteiger partial charge in [-0.3, -0.25) is 4.90 Å². The largest absolute Gasteiger partial charge is 0.333 e. The number of nitrogens with one attached hydrogen (secondary N) is 1. The molecule has 0 bridgehead atoms. The van der Waals surface area contributed by atoms with E-state index in [4.69, 9.17) is 11.6 Å². The van der Waals surface area contributed by atoms with Crippen LogP contribution in [-0.2, 0) is 0 Å². The fourth-order valence-electron chi connectivity index (χ4n) is 3.03. The van der Waals surface area contributed by atoms with Crippen LogP contribution >= 0.6 is 11.6 Å². The van der Waals surface area contributed by atoms with Gasteiger partial charge >= 0.3 is 0 Å². The average Bonchev–Trinajstić information content (AvgIpc) is 2.75. The Kier molecular flexibility index (Phi) is 3.63. The lowest BCUT2D eigenvalue weighted by atomic mass is 9.77. The zero-order valence-corrected chi connectivity index (χ0v) is 12.8. The summed E-state index contributed by atoms with van der Waals surface area (Å²) in [4.78, 5) is 6.75. The van der Waals surface area contributed by atoms with Gasteiger partial charge in [0.05, 0.1) is 12.2 Å². The number of hydrogen-bond acceptors (Lipinski definition) is 3. The lowest BCUT2D eigenvalue weighted by Gasteiger charge is -2.33. The highest BCUT2D eigenvalue weighted by atomic mass is 35.5. The molecule has 1 atom stereocenters. The van der Waals surface area contributed by atoms with Crippen molar-refractivity contribution in [2.24, 2.45) is 10.4 Å². The van der Waals surface area contributed by atoms with E-state index < -0.39 is 6.17 Å². The van der Waals surface area contributed by atoms with Crippen molar-refractivity contribution in [3.05, 3.63) is 22.5 Å². The minimum atomic E-state index is -0.699. The molecule has 3 rings (SSSR count). The lowest BCUT2D eigenvalue weighted by molar-refractivity contribution is 0.309. The Morgan fingerprint density at radius 2 is 2.35 bits per heavy atom. The summed E-state index contributed by atoms with van der Waals surface area (Å²) in [7, 11) is 0. The molecule has 0 aromatic heterocycles. The lowest BCUT2D eigenvalue weighted by Crippen LogP contribution is -2.38. The SMILES string of the molecule is CC1(C)CC=C2N=C(CN3CCC(F)C3)NC(Cl)=C2C1. The molecule has 1 fully saturated rings. The summed E-state index contributed by atoms with van der Waals surface area (Å²) in [5.41, 5.74) is 2.35. The molecule has 3 nitrogen and oxygen atoms in total. The number of halogens is 2. The predicted octanol–water partition coefficient (Wildman–Crippen LogP) is 3.19.